The van der Waals surface area contributed by atoms with Gasteiger partial charge in [-0.05, 0) is 55.7 Å². The molecule has 0 amide bonds. The van der Waals surface area contributed by atoms with E-state index in [2.05, 4.69) is 10.2 Å². The van der Waals surface area contributed by atoms with Gasteiger partial charge in [0.05, 0.1) is 18.0 Å². The lowest BCUT2D eigenvalue weighted by atomic mass is 10.0. The molecule has 130 valence electrons. The van der Waals surface area contributed by atoms with Crippen molar-refractivity contribution in [2.75, 3.05) is 6.61 Å². The molecule has 0 aromatic heterocycles. The fourth-order valence-electron chi connectivity index (χ4n) is 2.30. The highest BCUT2D eigenvalue weighted by Gasteiger charge is 2.06. The van der Waals surface area contributed by atoms with E-state index >= 15 is 0 Å². The average Bonchev–Trinajstić information content (AvgIpc) is 2.61. The van der Waals surface area contributed by atoms with Crippen LogP contribution in [0.2, 0.25) is 10.0 Å². The number of benzene rings is 2. The molecule has 0 aliphatic carbocycles. The first-order valence-electron chi connectivity index (χ1n) is 7.90. The largest absolute Gasteiger partial charge is 0.392 e. The number of rotatable bonds is 6. The zero-order valence-electron chi connectivity index (χ0n) is 14.2. The molecule has 0 saturated carbocycles. The van der Waals surface area contributed by atoms with Gasteiger partial charge in [0.25, 0.3) is 0 Å². The van der Waals surface area contributed by atoms with E-state index in [-0.39, 0.29) is 6.61 Å². The van der Waals surface area contributed by atoms with Crippen LogP contribution in [0.4, 0.5) is 0 Å². The number of allylic oxidation sites excluding steroid dienone is 1. The first-order valence-corrected chi connectivity index (χ1v) is 8.66. The van der Waals surface area contributed by atoms with Gasteiger partial charge in [0.1, 0.15) is 0 Å². The minimum atomic E-state index is 0.0283. The molecule has 25 heavy (non-hydrogen) atoms. The van der Waals surface area contributed by atoms with Gasteiger partial charge >= 0.3 is 0 Å². The SMILES string of the molecule is C/C(=N\N=C(/C)c1cc(Cl)ccc1C/C=C/CO)c1ccc(Cl)cc1. The quantitative estimate of drug-likeness (QED) is 0.415. The van der Waals surface area contributed by atoms with E-state index in [0.29, 0.717) is 16.5 Å². The minimum absolute atomic E-state index is 0.0283. The van der Waals surface area contributed by atoms with Gasteiger partial charge in [-0.3, -0.25) is 0 Å². The van der Waals surface area contributed by atoms with Crippen LogP contribution in [-0.4, -0.2) is 23.1 Å². The third-order valence-electron chi connectivity index (χ3n) is 3.68. The molecular formula is C20H20Cl2N2O. The van der Waals surface area contributed by atoms with Crippen molar-refractivity contribution >= 4 is 34.6 Å². The third-order valence-corrected chi connectivity index (χ3v) is 4.17. The van der Waals surface area contributed by atoms with Crippen molar-refractivity contribution in [2.24, 2.45) is 10.2 Å². The van der Waals surface area contributed by atoms with Crippen LogP contribution in [0.5, 0.6) is 0 Å². The molecule has 0 heterocycles. The Balaban J connectivity index is 2.29. The van der Waals surface area contributed by atoms with Gasteiger partial charge in [-0.25, -0.2) is 0 Å². The van der Waals surface area contributed by atoms with Crippen molar-refractivity contribution in [3.8, 4) is 0 Å². The summed E-state index contributed by atoms with van der Waals surface area (Å²) in [5.74, 6) is 0. The second kappa shape index (κ2) is 9.52. The van der Waals surface area contributed by atoms with E-state index in [1.54, 1.807) is 6.08 Å². The Hall–Kier alpha value is -1.94. The molecule has 2 aromatic carbocycles. The summed E-state index contributed by atoms with van der Waals surface area (Å²) in [4.78, 5) is 0. The molecule has 0 saturated heterocycles. The van der Waals surface area contributed by atoms with Gasteiger partial charge < -0.3 is 5.11 Å². The highest BCUT2D eigenvalue weighted by atomic mass is 35.5. The normalized spacial score (nSPS) is 12.8. The molecule has 2 aromatic rings. The van der Waals surface area contributed by atoms with Crippen molar-refractivity contribution in [1.29, 1.82) is 0 Å². The minimum Gasteiger partial charge on any atom is -0.392 e. The number of hydrogen-bond donors (Lipinski definition) is 1. The Morgan fingerprint density at radius 2 is 1.56 bits per heavy atom. The van der Waals surface area contributed by atoms with E-state index in [4.69, 9.17) is 28.3 Å². The van der Waals surface area contributed by atoms with E-state index < -0.39 is 0 Å². The average molecular weight is 375 g/mol. The number of nitrogens with zero attached hydrogens (tertiary/aromatic N) is 2. The zero-order chi connectivity index (χ0) is 18.2. The monoisotopic (exact) mass is 374 g/mol. The number of hydrogen-bond acceptors (Lipinski definition) is 3. The van der Waals surface area contributed by atoms with Crippen LogP contribution in [0.15, 0.2) is 64.8 Å². The zero-order valence-corrected chi connectivity index (χ0v) is 15.7. The maximum absolute atomic E-state index is 8.88. The van der Waals surface area contributed by atoms with Crippen LogP contribution < -0.4 is 0 Å². The van der Waals surface area contributed by atoms with Gasteiger partial charge in [0.2, 0.25) is 0 Å². The summed E-state index contributed by atoms with van der Waals surface area (Å²) >= 11 is 12.0. The lowest BCUT2D eigenvalue weighted by molar-refractivity contribution is 0.342. The maximum atomic E-state index is 8.88. The van der Waals surface area contributed by atoms with Gasteiger partial charge in [0.15, 0.2) is 0 Å². The predicted octanol–water partition coefficient (Wildman–Crippen LogP) is 5.32. The van der Waals surface area contributed by atoms with Gasteiger partial charge in [0, 0.05) is 15.6 Å². The molecule has 0 spiro atoms. The van der Waals surface area contributed by atoms with Crippen LogP contribution in [0.3, 0.4) is 0 Å². The van der Waals surface area contributed by atoms with Crippen LogP contribution in [-0.2, 0) is 6.42 Å². The van der Waals surface area contributed by atoms with Crippen LogP contribution >= 0.6 is 23.2 Å². The highest BCUT2D eigenvalue weighted by Crippen LogP contribution is 2.18. The summed E-state index contributed by atoms with van der Waals surface area (Å²) in [6, 6.07) is 13.2. The maximum Gasteiger partial charge on any atom is 0.0675 e. The molecule has 0 fully saturated rings. The molecule has 0 aliphatic heterocycles. The third kappa shape index (κ3) is 5.82. The second-order valence-corrected chi connectivity index (χ2v) is 6.41. The fraction of sp³-hybridized carbons (Fsp3) is 0.200. The summed E-state index contributed by atoms with van der Waals surface area (Å²) in [6.07, 6.45) is 4.33. The van der Waals surface area contributed by atoms with E-state index in [9.17, 15) is 0 Å². The van der Waals surface area contributed by atoms with Crippen molar-refractivity contribution in [3.63, 3.8) is 0 Å². The van der Waals surface area contributed by atoms with Crippen LogP contribution in [0, 0.1) is 0 Å². The summed E-state index contributed by atoms with van der Waals surface area (Å²) < 4.78 is 0. The van der Waals surface area contributed by atoms with Crippen LogP contribution in [0.1, 0.15) is 30.5 Å². The van der Waals surface area contributed by atoms with Gasteiger partial charge in [-0.15, -0.1) is 0 Å². The van der Waals surface area contributed by atoms with Crippen molar-refractivity contribution in [3.05, 3.63) is 81.4 Å². The van der Waals surface area contributed by atoms with Crippen LogP contribution in [0.25, 0.3) is 0 Å². The molecule has 5 heteroatoms. The number of aliphatic hydroxyl groups excluding tert-OH is 1. The Bertz CT molecular complexity index is 809. The van der Waals surface area contributed by atoms with Gasteiger partial charge in [-0.2, -0.15) is 10.2 Å². The smallest absolute Gasteiger partial charge is 0.0675 e. The second-order valence-electron chi connectivity index (χ2n) is 5.54. The molecular weight excluding hydrogens is 355 g/mol. The van der Waals surface area contributed by atoms with E-state index in [1.165, 1.54) is 0 Å². The number of aliphatic hydroxyl groups is 1. The van der Waals surface area contributed by atoms with Gasteiger partial charge in [-0.1, -0.05) is 53.6 Å². The molecule has 1 N–H and O–H groups in total. The lowest BCUT2D eigenvalue weighted by Gasteiger charge is -2.08. The molecule has 0 unspecified atom stereocenters. The molecule has 0 aliphatic rings. The Kier molecular flexibility index (Phi) is 7.38. The summed E-state index contributed by atoms with van der Waals surface area (Å²) in [6.45, 7) is 3.84. The molecule has 3 nitrogen and oxygen atoms in total. The fourth-order valence-corrected chi connectivity index (χ4v) is 2.60. The summed E-state index contributed by atoms with van der Waals surface area (Å²) in [7, 11) is 0. The topological polar surface area (TPSA) is 45.0 Å². The first-order chi connectivity index (χ1) is 12.0. The summed E-state index contributed by atoms with van der Waals surface area (Å²) in [5.41, 5.74) is 4.58. The summed E-state index contributed by atoms with van der Waals surface area (Å²) in [5, 5.41) is 18.9. The Morgan fingerprint density at radius 1 is 0.920 bits per heavy atom. The molecule has 0 atom stereocenters. The Morgan fingerprint density at radius 3 is 2.24 bits per heavy atom. The van der Waals surface area contributed by atoms with E-state index in [0.717, 1.165) is 28.1 Å². The predicted molar refractivity (Wildman–Crippen MR) is 107 cm³/mol. The molecule has 2 rings (SSSR count). The van der Waals surface area contributed by atoms with E-state index in [1.807, 2.05) is 62.4 Å². The van der Waals surface area contributed by atoms with Crippen molar-refractivity contribution in [2.45, 2.75) is 20.3 Å². The highest BCUT2D eigenvalue weighted by molar-refractivity contribution is 6.31. The van der Waals surface area contributed by atoms with Crippen molar-refractivity contribution in [1.82, 2.24) is 0 Å². The first kappa shape index (κ1) is 19.4. The standard InChI is InChI=1S/C20H20Cl2N2O/c1-14(16-6-9-18(21)10-7-16)23-24-15(2)20-13-19(22)11-8-17(20)5-3-4-12-25/h3-4,6-11,13,25H,5,12H2,1-2H3/b4-3+,23-14+,24-15+. The Labute approximate surface area is 158 Å². The lowest BCUT2D eigenvalue weighted by Crippen LogP contribution is -2.01. The molecule has 0 bridgehead atoms. The molecule has 0 radical (unpaired) electrons. The number of halogens is 2. The van der Waals surface area contributed by atoms with Crippen molar-refractivity contribution < 1.29 is 5.11 Å².